The first-order valence-corrected chi connectivity index (χ1v) is 6.83. The minimum atomic E-state index is 0.367. The zero-order valence-electron chi connectivity index (χ0n) is 11.8. The number of piperidine rings is 1. The molecule has 0 saturated carbocycles. The van der Waals surface area contributed by atoms with Crippen LogP contribution in [0.25, 0.3) is 0 Å². The summed E-state index contributed by atoms with van der Waals surface area (Å²) >= 11 is 0. The molecule has 2 rings (SSSR count). The molecule has 1 fully saturated rings. The predicted octanol–water partition coefficient (Wildman–Crippen LogP) is 2.08. The average molecular weight is 237 g/mol. The third kappa shape index (κ3) is 3.38. The Morgan fingerprint density at radius 1 is 1.41 bits per heavy atom. The van der Waals surface area contributed by atoms with Gasteiger partial charge in [-0.25, -0.2) is 0 Å². The van der Waals surface area contributed by atoms with E-state index in [1.54, 1.807) is 5.70 Å². The molecule has 1 N–H and O–H groups in total. The number of rotatable bonds is 2. The smallest absolute Gasteiger partial charge is 0.0893 e. The molecule has 0 radical (unpaired) electrons. The van der Waals surface area contributed by atoms with Crippen molar-refractivity contribution < 1.29 is 0 Å². The highest BCUT2D eigenvalue weighted by Gasteiger charge is 2.29. The fourth-order valence-corrected chi connectivity index (χ4v) is 2.88. The second-order valence-electron chi connectivity index (χ2n) is 6.75. The van der Waals surface area contributed by atoms with Gasteiger partial charge in [-0.15, -0.1) is 0 Å². The van der Waals surface area contributed by atoms with Crippen LogP contribution in [0.1, 0.15) is 33.6 Å². The average Bonchev–Trinajstić information content (AvgIpc) is 2.58. The van der Waals surface area contributed by atoms with Crippen molar-refractivity contribution in [1.82, 2.24) is 15.1 Å². The lowest BCUT2D eigenvalue weighted by atomic mass is 9.92. The summed E-state index contributed by atoms with van der Waals surface area (Å²) in [5, 5.41) is 3.52. The maximum Gasteiger partial charge on any atom is 0.0893 e. The van der Waals surface area contributed by atoms with Crippen LogP contribution in [0.15, 0.2) is 11.9 Å². The normalized spacial score (nSPS) is 26.4. The molecule has 0 aliphatic carbocycles. The van der Waals surface area contributed by atoms with Crippen LogP contribution in [0.2, 0.25) is 0 Å². The third-order valence-electron chi connectivity index (χ3n) is 3.49. The monoisotopic (exact) mass is 237 g/mol. The predicted molar refractivity (Wildman–Crippen MR) is 72.5 cm³/mol. The number of hydrogen-bond donors (Lipinski definition) is 1. The van der Waals surface area contributed by atoms with Gasteiger partial charge in [0.15, 0.2) is 0 Å². The molecule has 17 heavy (non-hydrogen) atoms. The van der Waals surface area contributed by atoms with Gasteiger partial charge in [-0.3, -0.25) is 0 Å². The van der Waals surface area contributed by atoms with Gasteiger partial charge in [0.25, 0.3) is 0 Å². The summed E-state index contributed by atoms with van der Waals surface area (Å²) in [4.78, 5) is 4.88. The van der Waals surface area contributed by atoms with Gasteiger partial charge in [0, 0.05) is 38.0 Å². The maximum atomic E-state index is 3.52. The van der Waals surface area contributed by atoms with Crippen LogP contribution in [-0.2, 0) is 0 Å². The van der Waals surface area contributed by atoms with Crippen molar-refractivity contribution in [1.29, 1.82) is 0 Å². The topological polar surface area (TPSA) is 18.5 Å². The van der Waals surface area contributed by atoms with E-state index in [4.69, 9.17) is 0 Å². The van der Waals surface area contributed by atoms with Crippen LogP contribution in [-0.4, -0.2) is 43.2 Å². The Labute approximate surface area is 106 Å². The van der Waals surface area contributed by atoms with Gasteiger partial charge in [0.05, 0.1) is 6.67 Å². The molecule has 98 valence electrons. The Bertz CT molecular complexity index is 284. The first kappa shape index (κ1) is 12.7. The van der Waals surface area contributed by atoms with Gasteiger partial charge in [-0.05, 0) is 24.8 Å². The molecular formula is C14H27N3. The van der Waals surface area contributed by atoms with Crippen LogP contribution >= 0.6 is 0 Å². The van der Waals surface area contributed by atoms with E-state index in [0.29, 0.717) is 5.41 Å². The molecule has 0 amide bonds. The molecule has 0 aromatic rings. The van der Waals surface area contributed by atoms with E-state index < -0.39 is 0 Å². The summed E-state index contributed by atoms with van der Waals surface area (Å²) in [5.74, 6) is 0.719. The lowest BCUT2D eigenvalue weighted by molar-refractivity contribution is 0.188. The van der Waals surface area contributed by atoms with Crippen molar-refractivity contribution in [3.05, 3.63) is 11.9 Å². The molecule has 1 saturated heterocycles. The highest BCUT2D eigenvalue weighted by Crippen LogP contribution is 2.30. The second-order valence-corrected chi connectivity index (χ2v) is 6.75. The van der Waals surface area contributed by atoms with Gasteiger partial charge >= 0.3 is 0 Å². The van der Waals surface area contributed by atoms with E-state index >= 15 is 0 Å². The highest BCUT2D eigenvalue weighted by atomic mass is 15.3. The molecule has 0 aromatic carbocycles. The van der Waals surface area contributed by atoms with Crippen molar-refractivity contribution >= 4 is 0 Å². The third-order valence-corrected chi connectivity index (χ3v) is 3.49. The van der Waals surface area contributed by atoms with Crippen molar-refractivity contribution in [2.24, 2.45) is 11.3 Å². The van der Waals surface area contributed by atoms with Crippen LogP contribution in [0.5, 0.6) is 0 Å². The molecule has 2 heterocycles. The molecule has 3 heteroatoms. The molecule has 2 aliphatic rings. The van der Waals surface area contributed by atoms with Crippen molar-refractivity contribution in [2.75, 3.05) is 33.4 Å². The first-order chi connectivity index (χ1) is 7.96. The Hall–Kier alpha value is -0.700. The van der Waals surface area contributed by atoms with Gasteiger partial charge in [0.2, 0.25) is 0 Å². The van der Waals surface area contributed by atoms with Gasteiger partial charge in [-0.1, -0.05) is 20.8 Å². The summed E-state index contributed by atoms with van der Waals surface area (Å²) in [6.07, 6.45) is 5.01. The minimum absolute atomic E-state index is 0.367. The first-order valence-electron chi connectivity index (χ1n) is 6.83. The summed E-state index contributed by atoms with van der Waals surface area (Å²) in [5.41, 5.74) is 1.92. The molecule has 3 nitrogen and oxygen atoms in total. The van der Waals surface area contributed by atoms with Crippen molar-refractivity contribution in [2.45, 2.75) is 33.6 Å². The van der Waals surface area contributed by atoms with E-state index in [1.165, 1.54) is 19.4 Å². The lowest BCUT2D eigenvalue weighted by Crippen LogP contribution is -2.38. The summed E-state index contributed by atoms with van der Waals surface area (Å²) in [7, 11) is 2.18. The fourth-order valence-electron chi connectivity index (χ4n) is 2.88. The van der Waals surface area contributed by atoms with E-state index in [0.717, 1.165) is 25.7 Å². The zero-order chi connectivity index (χ0) is 12.5. The van der Waals surface area contributed by atoms with Crippen molar-refractivity contribution in [3.8, 4) is 0 Å². The molecule has 0 spiro atoms. The zero-order valence-corrected chi connectivity index (χ0v) is 11.8. The summed E-state index contributed by atoms with van der Waals surface area (Å²) in [6, 6.07) is 0. The largest absolute Gasteiger partial charge is 0.361 e. The maximum absolute atomic E-state index is 3.52. The summed E-state index contributed by atoms with van der Waals surface area (Å²) < 4.78 is 0. The standard InChI is InChI=1S/C14H27N3/c1-14(2,3)10-17-11-16(4)9-13(17)12-6-5-7-15-8-12/h9,12,15H,5-8,10-11H2,1-4H3. The van der Waals surface area contributed by atoms with E-state index in [9.17, 15) is 0 Å². The number of hydrogen-bond acceptors (Lipinski definition) is 3. The molecule has 1 unspecified atom stereocenters. The molecular weight excluding hydrogens is 210 g/mol. The summed E-state index contributed by atoms with van der Waals surface area (Å²) in [6.45, 7) is 11.5. The fraction of sp³-hybridized carbons (Fsp3) is 0.857. The quantitative estimate of drug-likeness (QED) is 0.793. The van der Waals surface area contributed by atoms with Crippen molar-refractivity contribution in [3.63, 3.8) is 0 Å². The van der Waals surface area contributed by atoms with E-state index in [2.05, 4.69) is 49.1 Å². The van der Waals surface area contributed by atoms with Gasteiger partial charge in [0.1, 0.15) is 0 Å². The van der Waals surface area contributed by atoms with Gasteiger partial charge < -0.3 is 15.1 Å². The Morgan fingerprint density at radius 3 is 2.76 bits per heavy atom. The SMILES string of the molecule is CN1C=C(C2CCCNC2)N(CC(C)(C)C)C1. The van der Waals surface area contributed by atoms with Crippen LogP contribution in [0, 0.1) is 11.3 Å². The highest BCUT2D eigenvalue weighted by molar-refractivity contribution is 5.12. The molecule has 0 bridgehead atoms. The van der Waals surface area contributed by atoms with Crippen LogP contribution < -0.4 is 5.32 Å². The lowest BCUT2D eigenvalue weighted by Gasteiger charge is -2.34. The Morgan fingerprint density at radius 2 is 2.18 bits per heavy atom. The van der Waals surface area contributed by atoms with E-state index in [1.807, 2.05) is 0 Å². The van der Waals surface area contributed by atoms with Crippen LogP contribution in [0.3, 0.4) is 0 Å². The molecule has 2 aliphatic heterocycles. The minimum Gasteiger partial charge on any atom is -0.361 e. The van der Waals surface area contributed by atoms with E-state index in [-0.39, 0.29) is 0 Å². The number of nitrogens with zero attached hydrogens (tertiary/aromatic N) is 2. The molecule has 1 atom stereocenters. The second kappa shape index (κ2) is 4.89. The van der Waals surface area contributed by atoms with Crippen LogP contribution in [0.4, 0.5) is 0 Å². The van der Waals surface area contributed by atoms with Gasteiger partial charge in [-0.2, -0.15) is 0 Å². The Balaban J connectivity index is 2.04. The Kier molecular flexibility index (Phi) is 3.67. The molecule has 0 aromatic heterocycles. The number of nitrogens with one attached hydrogen (secondary N) is 1.